The molecular weight excluding hydrogens is 285 g/mol. The van der Waals surface area contributed by atoms with Gasteiger partial charge < -0.3 is 15.6 Å². The molecule has 0 aliphatic carbocycles. The number of alkyl halides is 3. The van der Waals surface area contributed by atoms with E-state index in [0.717, 1.165) is 0 Å². The number of nitrogens with two attached hydrogens (primary N) is 1. The number of aromatic nitrogens is 2. The van der Waals surface area contributed by atoms with Crippen LogP contribution in [-0.4, -0.2) is 34.7 Å². The third kappa shape index (κ3) is 3.94. The molecule has 3 N–H and O–H groups in total. The van der Waals surface area contributed by atoms with Crippen molar-refractivity contribution in [3.63, 3.8) is 0 Å². The summed E-state index contributed by atoms with van der Waals surface area (Å²) in [5, 5.41) is 1.85. The first-order valence-corrected chi connectivity index (χ1v) is 6.38. The quantitative estimate of drug-likeness (QED) is 0.872. The van der Waals surface area contributed by atoms with Gasteiger partial charge in [-0.3, -0.25) is 4.79 Å². The molecule has 8 heteroatoms. The van der Waals surface area contributed by atoms with Crippen molar-refractivity contribution in [2.24, 2.45) is 5.73 Å². The number of rotatable bonds is 5. The Morgan fingerprint density at radius 1 is 1.33 bits per heavy atom. The maximum absolute atomic E-state index is 12.1. The molecule has 0 radical (unpaired) electrons. The lowest BCUT2D eigenvalue weighted by molar-refractivity contribution is -0.138. The Morgan fingerprint density at radius 3 is 2.71 bits per heavy atom. The molecule has 0 fully saturated rings. The number of halogens is 3. The largest absolute Gasteiger partial charge is 0.405 e. The van der Waals surface area contributed by atoms with Gasteiger partial charge in [-0.05, 0) is 18.7 Å². The normalized spacial score (nSPS) is 11.8. The molecule has 5 nitrogen and oxygen atoms in total. The van der Waals surface area contributed by atoms with Crippen molar-refractivity contribution in [3.8, 4) is 0 Å². The molecule has 0 spiro atoms. The number of carbonyl (C=O) groups excluding carboxylic acids is 1. The van der Waals surface area contributed by atoms with Crippen LogP contribution in [0.2, 0.25) is 0 Å². The van der Waals surface area contributed by atoms with Gasteiger partial charge >= 0.3 is 6.18 Å². The van der Waals surface area contributed by atoms with E-state index in [9.17, 15) is 18.0 Å². The van der Waals surface area contributed by atoms with Crippen molar-refractivity contribution in [3.05, 3.63) is 30.1 Å². The number of imidazole rings is 1. The van der Waals surface area contributed by atoms with Gasteiger partial charge in [-0.1, -0.05) is 12.1 Å². The van der Waals surface area contributed by atoms with Gasteiger partial charge in [-0.15, -0.1) is 0 Å². The summed E-state index contributed by atoms with van der Waals surface area (Å²) in [4.78, 5) is 16.0. The van der Waals surface area contributed by atoms with Crippen molar-refractivity contribution in [2.45, 2.75) is 19.1 Å². The summed E-state index contributed by atoms with van der Waals surface area (Å²) < 4.78 is 37.9. The summed E-state index contributed by atoms with van der Waals surface area (Å²) in [6, 6.07) is 7.12. The van der Waals surface area contributed by atoms with Gasteiger partial charge in [0.15, 0.2) is 0 Å². The third-order valence-electron chi connectivity index (χ3n) is 2.89. The fourth-order valence-electron chi connectivity index (χ4n) is 2.02. The van der Waals surface area contributed by atoms with Crippen LogP contribution in [0.3, 0.4) is 0 Å². The molecule has 0 unspecified atom stereocenters. The SMILES string of the molecule is NCCc1nc2ccccc2n1CC(=O)NCC(F)(F)F. The lowest BCUT2D eigenvalue weighted by Gasteiger charge is -2.11. The van der Waals surface area contributed by atoms with Crippen LogP contribution in [0.1, 0.15) is 5.82 Å². The fourth-order valence-corrected chi connectivity index (χ4v) is 2.02. The third-order valence-corrected chi connectivity index (χ3v) is 2.89. The molecular formula is C13H15F3N4O. The minimum atomic E-state index is -4.42. The van der Waals surface area contributed by atoms with Gasteiger partial charge in [0, 0.05) is 6.42 Å². The molecule has 0 saturated carbocycles. The van der Waals surface area contributed by atoms with E-state index >= 15 is 0 Å². The fraction of sp³-hybridized carbons (Fsp3) is 0.385. The molecule has 0 atom stereocenters. The van der Waals surface area contributed by atoms with Gasteiger partial charge in [0.1, 0.15) is 18.9 Å². The Kier molecular flexibility index (Phi) is 4.46. The molecule has 0 aliphatic heterocycles. The molecule has 1 amide bonds. The number of benzene rings is 1. The first kappa shape index (κ1) is 15.3. The molecule has 1 aromatic carbocycles. The zero-order chi connectivity index (χ0) is 15.5. The van der Waals surface area contributed by atoms with E-state index in [-0.39, 0.29) is 6.54 Å². The second-order valence-electron chi connectivity index (χ2n) is 4.53. The van der Waals surface area contributed by atoms with Gasteiger partial charge in [-0.25, -0.2) is 4.98 Å². The van der Waals surface area contributed by atoms with E-state index < -0.39 is 18.6 Å². The number of fused-ring (bicyclic) bond motifs is 1. The number of nitrogens with zero attached hydrogens (tertiary/aromatic N) is 2. The zero-order valence-electron chi connectivity index (χ0n) is 11.2. The molecule has 1 aromatic heterocycles. The van der Waals surface area contributed by atoms with Crippen molar-refractivity contribution in [1.82, 2.24) is 14.9 Å². The highest BCUT2D eigenvalue weighted by Gasteiger charge is 2.27. The van der Waals surface area contributed by atoms with Crippen LogP contribution in [0.25, 0.3) is 11.0 Å². The van der Waals surface area contributed by atoms with E-state index in [0.29, 0.717) is 29.8 Å². The van der Waals surface area contributed by atoms with E-state index in [1.165, 1.54) is 0 Å². The topological polar surface area (TPSA) is 72.9 Å². The van der Waals surface area contributed by atoms with Crippen LogP contribution in [0, 0.1) is 0 Å². The Labute approximate surface area is 118 Å². The smallest absolute Gasteiger partial charge is 0.345 e. The van der Waals surface area contributed by atoms with E-state index in [4.69, 9.17) is 5.73 Å². The molecule has 21 heavy (non-hydrogen) atoms. The highest BCUT2D eigenvalue weighted by Crippen LogP contribution is 2.16. The van der Waals surface area contributed by atoms with Crippen LogP contribution in [0.4, 0.5) is 13.2 Å². The van der Waals surface area contributed by atoms with Crippen LogP contribution in [-0.2, 0) is 17.8 Å². The van der Waals surface area contributed by atoms with Crippen molar-refractivity contribution < 1.29 is 18.0 Å². The van der Waals surface area contributed by atoms with Crippen LogP contribution in [0.5, 0.6) is 0 Å². The lowest BCUT2D eigenvalue weighted by atomic mass is 10.3. The molecule has 1 heterocycles. The Balaban J connectivity index is 2.20. The number of hydrogen-bond donors (Lipinski definition) is 2. The summed E-state index contributed by atoms with van der Waals surface area (Å²) in [7, 11) is 0. The molecule has 0 aliphatic rings. The standard InChI is InChI=1S/C13H15F3N4O/c14-13(15,16)8-18-12(21)7-20-10-4-2-1-3-9(10)19-11(20)5-6-17/h1-4H,5-8,17H2,(H,18,21). The second-order valence-corrected chi connectivity index (χ2v) is 4.53. The van der Waals surface area contributed by atoms with Gasteiger partial charge in [0.05, 0.1) is 11.0 Å². The van der Waals surface area contributed by atoms with Gasteiger partial charge in [0.2, 0.25) is 5.91 Å². The molecule has 2 rings (SSSR count). The summed E-state index contributed by atoms with van der Waals surface area (Å²) in [6.07, 6.45) is -3.98. The molecule has 2 aromatic rings. The predicted octanol–water partition coefficient (Wildman–Crippen LogP) is 1.22. The Bertz CT molecular complexity index is 636. The van der Waals surface area contributed by atoms with Crippen molar-refractivity contribution in [2.75, 3.05) is 13.1 Å². The summed E-state index contributed by atoms with van der Waals surface area (Å²) in [5.41, 5.74) is 6.88. The summed E-state index contributed by atoms with van der Waals surface area (Å²) in [5.74, 6) is -0.130. The monoisotopic (exact) mass is 300 g/mol. The van der Waals surface area contributed by atoms with Crippen LogP contribution >= 0.6 is 0 Å². The molecule has 114 valence electrons. The second kappa shape index (κ2) is 6.13. The minimum Gasteiger partial charge on any atom is -0.345 e. The number of amides is 1. The first-order chi connectivity index (χ1) is 9.90. The van der Waals surface area contributed by atoms with Crippen LogP contribution < -0.4 is 11.1 Å². The van der Waals surface area contributed by atoms with E-state index in [1.54, 1.807) is 28.8 Å². The number of carbonyl (C=O) groups is 1. The lowest BCUT2D eigenvalue weighted by Crippen LogP contribution is -2.36. The number of para-hydroxylation sites is 2. The summed E-state index contributed by atoms with van der Waals surface area (Å²) in [6.45, 7) is -1.22. The van der Waals surface area contributed by atoms with Crippen molar-refractivity contribution >= 4 is 16.9 Å². The van der Waals surface area contributed by atoms with E-state index in [1.807, 2.05) is 5.32 Å². The zero-order valence-corrected chi connectivity index (χ0v) is 11.2. The Morgan fingerprint density at radius 2 is 2.05 bits per heavy atom. The van der Waals surface area contributed by atoms with Crippen LogP contribution in [0.15, 0.2) is 24.3 Å². The average Bonchev–Trinajstić information content (AvgIpc) is 2.75. The van der Waals surface area contributed by atoms with Gasteiger partial charge in [0.25, 0.3) is 0 Å². The van der Waals surface area contributed by atoms with Gasteiger partial charge in [-0.2, -0.15) is 13.2 Å². The first-order valence-electron chi connectivity index (χ1n) is 6.38. The highest BCUT2D eigenvalue weighted by atomic mass is 19.4. The summed E-state index contributed by atoms with van der Waals surface area (Å²) >= 11 is 0. The Hall–Kier alpha value is -2.09. The minimum absolute atomic E-state index is 0.216. The number of hydrogen-bond acceptors (Lipinski definition) is 3. The molecule has 0 saturated heterocycles. The van der Waals surface area contributed by atoms with E-state index in [2.05, 4.69) is 4.98 Å². The maximum Gasteiger partial charge on any atom is 0.405 e. The highest BCUT2D eigenvalue weighted by molar-refractivity contribution is 5.81. The maximum atomic E-state index is 12.1. The number of nitrogens with one attached hydrogen (secondary N) is 1. The predicted molar refractivity (Wildman–Crippen MR) is 71.6 cm³/mol. The van der Waals surface area contributed by atoms with Crippen molar-refractivity contribution in [1.29, 1.82) is 0 Å². The average molecular weight is 300 g/mol. The molecule has 0 bridgehead atoms.